The number of hydrogen-bond acceptors (Lipinski definition) is 6. The fourth-order valence-electron chi connectivity index (χ4n) is 3.94. The minimum absolute atomic E-state index is 0.0586. The van der Waals surface area contributed by atoms with Gasteiger partial charge in [0.15, 0.2) is 11.5 Å². The third-order valence-electron chi connectivity index (χ3n) is 5.82. The maximum Gasteiger partial charge on any atom is 0.280 e. The van der Waals surface area contributed by atoms with Gasteiger partial charge >= 0.3 is 0 Å². The van der Waals surface area contributed by atoms with Crippen LogP contribution in [0.25, 0.3) is 11.6 Å². The van der Waals surface area contributed by atoms with Gasteiger partial charge in [0, 0.05) is 0 Å². The standard InChI is InChI=1S/C21H21F2N5O3/c1-12-4-2-3-5-14(12)21(6-7-21)20-25-19(31-27-20)15-8-16(18(22)23)28(26-15)9-17(29)24-13-10-30-11-13/h2-5,8,13,18H,6-7,9-11H2,1H3,(H,24,29). The van der Waals surface area contributed by atoms with E-state index in [1.165, 1.54) is 6.07 Å². The minimum atomic E-state index is -2.80. The summed E-state index contributed by atoms with van der Waals surface area (Å²) in [4.78, 5) is 16.6. The van der Waals surface area contributed by atoms with Gasteiger partial charge in [0.2, 0.25) is 5.91 Å². The molecule has 1 aromatic carbocycles. The van der Waals surface area contributed by atoms with Gasteiger partial charge in [0.25, 0.3) is 12.3 Å². The van der Waals surface area contributed by atoms with Crippen LogP contribution in [-0.2, 0) is 21.5 Å². The number of benzene rings is 1. The number of ether oxygens (including phenoxy) is 1. The van der Waals surface area contributed by atoms with E-state index in [4.69, 9.17) is 9.26 Å². The summed E-state index contributed by atoms with van der Waals surface area (Å²) in [6, 6.07) is 9.13. The molecule has 5 rings (SSSR count). The second-order valence-electron chi connectivity index (χ2n) is 8.03. The molecule has 3 aromatic rings. The molecule has 31 heavy (non-hydrogen) atoms. The highest BCUT2D eigenvalue weighted by Gasteiger charge is 2.50. The lowest BCUT2D eigenvalue weighted by molar-refractivity contribution is -0.126. The van der Waals surface area contributed by atoms with Crippen LogP contribution in [0.15, 0.2) is 34.9 Å². The zero-order valence-electron chi connectivity index (χ0n) is 16.8. The number of hydrogen-bond donors (Lipinski definition) is 1. The number of aryl methyl sites for hydroxylation is 1. The van der Waals surface area contributed by atoms with E-state index >= 15 is 0 Å². The van der Waals surface area contributed by atoms with Gasteiger partial charge in [0.05, 0.1) is 24.7 Å². The first kappa shape index (κ1) is 19.8. The number of alkyl halides is 2. The van der Waals surface area contributed by atoms with Crippen LogP contribution in [-0.4, -0.2) is 45.1 Å². The Kier molecular flexibility index (Phi) is 4.81. The highest BCUT2D eigenvalue weighted by molar-refractivity contribution is 5.76. The third kappa shape index (κ3) is 3.60. The molecule has 0 unspecified atom stereocenters. The van der Waals surface area contributed by atoms with Crippen molar-refractivity contribution in [1.29, 1.82) is 0 Å². The molecule has 1 N–H and O–H groups in total. The molecule has 10 heteroatoms. The SMILES string of the molecule is Cc1ccccc1C1(c2noc(-c3cc(C(F)F)n(CC(=O)NC4COC4)n3)n2)CC1. The van der Waals surface area contributed by atoms with Crippen LogP contribution in [0.4, 0.5) is 8.78 Å². The predicted octanol–water partition coefficient (Wildman–Crippen LogP) is 2.77. The number of nitrogens with one attached hydrogen (secondary N) is 1. The normalized spacial score (nSPS) is 17.5. The summed E-state index contributed by atoms with van der Waals surface area (Å²) in [5.41, 5.74) is 1.70. The van der Waals surface area contributed by atoms with Gasteiger partial charge < -0.3 is 14.6 Å². The maximum atomic E-state index is 13.5. The smallest absolute Gasteiger partial charge is 0.280 e. The fourth-order valence-corrected chi connectivity index (χ4v) is 3.94. The first-order chi connectivity index (χ1) is 15.0. The Labute approximate surface area is 176 Å². The molecule has 1 aliphatic heterocycles. The molecule has 0 atom stereocenters. The fraction of sp³-hybridized carbons (Fsp3) is 0.429. The summed E-state index contributed by atoms with van der Waals surface area (Å²) in [6.07, 6.45) is -1.03. The summed E-state index contributed by atoms with van der Waals surface area (Å²) in [5.74, 6) is 0.170. The highest BCUT2D eigenvalue weighted by atomic mass is 19.3. The lowest BCUT2D eigenvalue weighted by atomic mass is 9.91. The zero-order chi connectivity index (χ0) is 21.6. The van der Waals surface area contributed by atoms with Crippen LogP contribution in [0.3, 0.4) is 0 Å². The molecule has 3 heterocycles. The van der Waals surface area contributed by atoms with Crippen molar-refractivity contribution in [3.63, 3.8) is 0 Å². The van der Waals surface area contributed by atoms with E-state index in [0.717, 1.165) is 28.7 Å². The van der Waals surface area contributed by atoms with E-state index in [-0.39, 0.29) is 35.3 Å². The Morgan fingerprint density at radius 3 is 2.74 bits per heavy atom. The first-order valence-electron chi connectivity index (χ1n) is 10.1. The number of rotatable bonds is 7. The van der Waals surface area contributed by atoms with Gasteiger partial charge in [-0.15, -0.1) is 0 Å². The summed E-state index contributed by atoms with van der Waals surface area (Å²) < 4.78 is 38.4. The van der Waals surface area contributed by atoms with Crippen LogP contribution in [0.5, 0.6) is 0 Å². The number of aromatic nitrogens is 4. The van der Waals surface area contributed by atoms with E-state index in [1.54, 1.807) is 0 Å². The molecule has 0 bridgehead atoms. The van der Waals surface area contributed by atoms with Gasteiger partial charge in [0.1, 0.15) is 12.2 Å². The van der Waals surface area contributed by atoms with Crippen molar-refractivity contribution in [3.05, 3.63) is 53.0 Å². The van der Waals surface area contributed by atoms with Crippen molar-refractivity contribution >= 4 is 5.91 Å². The molecule has 8 nitrogen and oxygen atoms in total. The molecule has 0 radical (unpaired) electrons. The van der Waals surface area contributed by atoms with Crippen molar-refractivity contribution in [3.8, 4) is 11.6 Å². The van der Waals surface area contributed by atoms with Crippen molar-refractivity contribution in [2.75, 3.05) is 13.2 Å². The van der Waals surface area contributed by atoms with Gasteiger partial charge in [-0.2, -0.15) is 10.1 Å². The monoisotopic (exact) mass is 429 g/mol. The molecule has 1 saturated carbocycles. The number of halogens is 2. The molecule has 1 saturated heterocycles. The van der Waals surface area contributed by atoms with Gasteiger partial charge in [-0.3, -0.25) is 9.48 Å². The summed E-state index contributed by atoms with van der Waals surface area (Å²) >= 11 is 0. The second-order valence-corrected chi connectivity index (χ2v) is 8.03. The molecule has 1 aliphatic carbocycles. The number of carbonyl (C=O) groups excluding carboxylic acids is 1. The van der Waals surface area contributed by atoms with E-state index in [9.17, 15) is 13.6 Å². The summed E-state index contributed by atoms with van der Waals surface area (Å²) in [6.45, 7) is 2.55. The predicted molar refractivity (Wildman–Crippen MR) is 104 cm³/mol. The van der Waals surface area contributed by atoms with E-state index in [0.29, 0.717) is 19.0 Å². The Hall–Kier alpha value is -3.14. The van der Waals surface area contributed by atoms with E-state index < -0.39 is 12.3 Å². The molecular formula is C21H21F2N5O3. The largest absolute Gasteiger partial charge is 0.377 e. The van der Waals surface area contributed by atoms with Crippen LogP contribution >= 0.6 is 0 Å². The van der Waals surface area contributed by atoms with Crippen molar-refractivity contribution < 1.29 is 22.8 Å². The van der Waals surface area contributed by atoms with Gasteiger partial charge in [-0.05, 0) is 37.0 Å². The zero-order valence-corrected chi connectivity index (χ0v) is 16.8. The number of carbonyl (C=O) groups is 1. The Bertz CT molecular complexity index is 1120. The summed E-state index contributed by atoms with van der Waals surface area (Å²) in [7, 11) is 0. The van der Waals surface area contributed by atoms with Gasteiger partial charge in [-0.25, -0.2) is 8.78 Å². The van der Waals surface area contributed by atoms with Crippen molar-refractivity contribution in [2.24, 2.45) is 0 Å². The topological polar surface area (TPSA) is 95.1 Å². The first-order valence-corrected chi connectivity index (χ1v) is 10.1. The quantitative estimate of drug-likeness (QED) is 0.621. The molecule has 0 spiro atoms. The van der Waals surface area contributed by atoms with Crippen LogP contribution in [0.1, 0.15) is 41.9 Å². The van der Waals surface area contributed by atoms with Crippen molar-refractivity contribution in [2.45, 2.75) is 44.2 Å². The average molecular weight is 429 g/mol. The van der Waals surface area contributed by atoms with Crippen LogP contribution in [0.2, 0.25) is 0 Å². The van der Waals surface area contributed by atoms with Crippen LogP contribution in [0, 0.1) is 6.92 Å². The minimum Gasteiger partial charge on any atom is -0.377 e. The van der Waals surface area contributed by atoms with Crippen molar-refractivity contribution in [1.82, 2.24) is 25.2 Å². The Morgan fingerprint density at radius 2 is 2.10 bits per heavy atom. The Morgan fingerprint density at radius 1 is 1.32 bits per heavy atom. The molecular weight excluding hydrogens is 408 g/mol. The Balaban J connectivity index is 1.40. The second kappa shape index (κ2) is 7.52. The third-order valence-corrected chi connectivity index (χ3v) is 5.82. The maximum absolute atomic E-state index is 13.5. The molecule has 1 amide bonds. The molecule has 2 aliphatic rings. The molecule has 2 fully saturated rings. The highest BCUT2D eigenvalue weighted by Crippen LogP contribution is 2.53. The van der Waals surface area contributed by atoms with Crippen LogP contribution < -0.4 is 5.32 Å². The molecule has 162 valence electrons. The molecule has 2 aromatic heterocycles. The van der Waals surface area contributed by atoms with Gasteiger partial charge in [-0.1, -0.05) is 29.4 Å². The average Bonchev–Trinajstić information content (AvgIpc) is 3.16. The lowest BCUT2D eigenvalue weighted by Crippen LogP contribution is -2.49. The number of nitrogens with zero attached hydrogens (tertiary/aromatic N) is 4. The van der Waals surface area contributed by atoms with E-state index in [1.807, 2.05) is 31.2 Å². The van der Waals surface area contributed by atoms with E-state index in [2.05, 4.69) is 20.6 Å². The lowest BCUT2D eigenvalue weighted by Gasteiger charge is -2.26. The summed E-state index contributed by atoms with van der Waals surface area (Å²) in [5, 5.41) is 11.0. The number of amides is 1.